The molecule has 11 heteroatoms. The summed E-state index contributed by atoms with van der Waals surface area (Å²) in [6.07, 6.45) is 1.90. The lowest BCUT2D eigenvalue weighted by atomic mass is 10.0. The topological polar surface area (TPSA) is 110 Å². The highest BCUT2D eigenvalue weighted by Crippen LogP contribution is 2.34. The van der Waals surface area contributed by atoms with Crippen molar-refractivity contribution < 1.29 is 19.5 Å². The second-order valence-electron chi connectivity index (χ2n) is 9.93. The van der Waals surface area contributed by atoms with Crippen molar-refractivity contribution in [3.63, 3.8) is 0 Å². The third-order valence-corrected chi connectivity index (χ3v) is 8.74. The molecule has 42 heavy (non-hydrogen) atoms. The number of carbonyl (C=O) groups is 3. The minimum Gasteiger partial charge on any atom is -0.481 e. The van der Waals surface area contributed by atoms with Gasteiger partial charge in [-0.25, -0.2) is 0 Å². The van der Waals surface area contributed by atoms with E-state index in [1.165, 1.54) is 16.2 Å². The quantitative estimate of drug-likeness (QED) is 0.135. The Morgan fingerprint density at radius 1 is 1.00 bits per heavy atom. The number of carbonyl (C=O) groups excluding carboxylic acids is 2. The number of anilines is 1. The van der Waals surface area contributed by atoms with Crippen molar-refractivity contribution in [2.45, 2.75) is 46.1 Å². The van der Waals surface area contributed by atoms with Gasteiger partial charge in [0, 0.05) is 41.4 Å². The number of para-hydroxylation sites is 1. The Morgan fingerprint density at radius 3 is 2.48 bits per heavy atom. The summed E-state index contributed by atoms with van der Waals surface area (Å²) in [5.41, 5.74) is 2.20. The van der Waals surface area contributed by atoms with E-state index in [4.69, 9.17) is 16.7 Å². The van der Waals surface area contributed by atoms with Gasteiger partial charge in [0.05, 0.1) is 10.6 Å². The van der Waals surface area contributed by atoms with Gasteiger partial charge in [-0.3, -0.25) is 23.9 Å². The molecule has 0 unspecified atom stereocenters. The summed E-state index contributed by atoms with van der Waals surface area (Å²) < 4.78 is 3.67. The third kappa shape index (κ3) is 5.60. The number of hydrogen-bond donors (Lipinski definition) is 1. The number of thiophene rings is 1. The van der Waals surface area contributed by atoms with Crippen LogP contribution in [0.4, 0.5) is 5.95 Å². The first-order chi connectivity index (χ1) is 20.2. The van der Waals surface area contributed by atoms with Crippen molar-refractivity contribution in [3.8, 4) is 5.00 Å². The molecule has 3 aromatic heterocycles. The van der Waals surface area contributed by atoms with Gasteiger partial charge in [0.1, 0.15) is 16.5 Å². The molecule has 0 atom stereocenters. The van der Waals surface area contributed by atoms with Crippen LogP contribution in [-0.4, -0.2) is 49.1 Å². The molecular weight excluding hydrogens is 574 g/mol. The largest absolute Gasteiger partial charge is 0.481 e. The number of amides is 1. The highest BCUT2D eigenvalue weighted by atomic mass is 35.5. The lowest BCUT2D eigenvalue weighted by molar-refractivity contribution is -0.137. The molecule has 5 aromatic rings. The van der Waals surface area contributed by atoms with E-state index in [2.05, 4.69) is 10.2 Å². The van der Waals surface area contributed by atoms with Gasteiger partial charge < -0.3 is 9.67 Å². The average molecular weight is 604 g/mol. The van der Waals surface area contributed by atoms with Crippen LogP contribution in [0.1, 0.15) is 63.3 Å². The predicted octanol–water partition coefficient (Wildman–Crippen LogP) is 6.57. The molecule has 0 saturated heterocycles. The number of hydrogen-bond acceptors (Lipinski definition) is 6. The van der Waals surface area contributed by atoms with Crippen LogP contribution in [0.25, 0.3) is 15.9 Å². The molecule has 0 fully saturated rings. The molecule has 5 rings (SSSR count). The van der Waals surface area contributed by atoms with Gasteiger partial charge in [-0.05, 0) is 56.5 Å². The SMILES string of the molecule is CCc1cc(C(=O)c2ccccc2Cl)c(-n2c(C)nnc2N(C)C(=O)c2cc3ccccc3n2CCCCC(=O)O)s1. The van der Waals surface area contributed by atoms with E-state index in [1.807, 2.05) is 47.9 Å². The van der Waals surface area contributed by atoms with Crippen LogP contribution in [-0.2, 0) is 17.8 Å². The number of unbranched alkanes of at least 4 members (excludes halogenated alkanes) is 1. The molecule has 1 N–H and O–H groups in total. The number of fused-ring (bicyclic) bond motifs is 1. The van der Waals surface area contributed by atoms with E-state index in [-0.39, 0.29) is 24.1 Å². The van der Waals surface area contributed by atoms with Crippen molar-refractivity contribution in [2.75, 3.05) is 11.9 Å². The summed E-state index contributed by atoms with van der Waals surface area (Å²) in [5, 5.41) is 19.6. The summed E-state index contributed by atoms with van der Waals surface area (Å²) in [6, 6.07) is 18.3. The van der Waals surface area contributed by atoms with E-state index < -0.39 is 5.97 Å². The van der Waals surface area contributed by atoms with Crippen LogP contribution in [0.3, 0.4) is 0 Å². The van der Waals surface area contributed by atoms with E-state index in [9.17, 15) is 14.4 Å². The number of carboxylic acids is 1. The Labute approximate surface area is 252 Å². The average Bonchev–Trinajstić information content (AvgIpc) is 3.69. The molecule has 1 amide bonds. The Balaban J connectivity index is 1.54. The highest BCUT2D eigenvalue weighted by molar-refractivity contribution is 7.15. The molecule has 0 aliphatic heterocycles. The van der Waals surface area contributed by atoms with Crippen LogP contribution >= 0.6 is 22.9 Å². The van der Waals surface area contributed by atoms with E-state index >= 15 is 0 Å². The lowest BCUT2D eigenvalue weighted by Gasteiger charge is -2.19. The molecule has 2 aromatic carbocycles. The molecule has 0 saturated carbocycles. The number of carboxylic acid groups (broad SMARTS) is 1. The number of aromatic nitrogens is 4. The predicted molar refractivity (Wildman–Crippen MR) is 164 cm³/mol. The Morgan fingerprint density at radius 2 is 1.74 bits per heavy atom. The van der Waals surface area contributed by atoms with Gasteiger partial charge >= 0.3 is 5.97 Å². The van der Waals surface area contributed by atoms with Crippen molar-refractivity contribution >= 4 is 57.4 Å². The van der Waals surface area contributed by atoms with Gasteiger partial charge in [0.25, 0.3) is 5.91 Å². The number of benzene rings is 2. The number of halogens is 1. The fraction of sp³-hybridized carbons (Fsp3) is 0.258. The molecule has 3 heterocycles. The van der Waals surface area contributed by atoms with Crippen molar-refractivity contribution in [3.05, 3.63) is 93.2 Å². The normalized spacial score (nSPS) is 11.2. The monoisotopic (exact) mass is 603 g/mol. The van der Waals surface area contributed by atoms with Crippen molar-refractivity contribution in [2.24, 2.45) is 0 Å². The van der Waals surface area contributed by atoms with Crippen molar-refractivity contribution in [1.82, 2.24) is 19.3 Å². The van der Waals surface area contributed by atoms with Gasteiger partial charge in [-0.15, -0.1) is 21.5 Å². The Bertz CT molecular complexity index is 1800. The van der Waals surface area contributed by atoms with Crippen LogP contribution in [0, 0.1) is 6.92 Å². The zero-order chi connectivity index (χ0) is 30.0. The first kappa shape index (κ1) is 29.2. The van der Waals surface area contributed by atoms with Crippen molar-refractivity contribution in [1.29, 1.82) is 0 Å². The van der Waals surface area contributed by atoms with Crippen LogP contribution in [0.15, 0.2) is 60.7 Å². The van der Waals surface area contributed by atoms with Gasteiger partial charge in [0.2, 0.25) is 5.95 Å². The molecule has 0 bridgehead atoms. The summed E-state index contributed by atoms with van der Waals surface area (Å²) in [7, 11) is 1.64. The maximum Gasteiger partial charge on any atom is 0.303 e. The molecule has 0 aliphatic carbocycles. The van der Waals surface area contributed by atoms with E-state index in [0.717, 1.165) is 22.2 Å². The zero-order valence-electron chi connectivity index (χ0n) is 23.5. The second kappa shape index (κ2) is 12.3. The van der Waals surface area contributed by atoms with Crippen LogP contribution < -0.4 is 4.90 Å². The molecule has 216 valence electrons. The number of rotatable bonds is 11. The minimum atomic E-state index is -0.842. The summed E-state index contributed by atoms with van der Waals surface area (Å²) in [5.74, 6) is -0.565. The minimum absolute atomic E-state index is 0.0700. The summed E-state index contributed by atoms with van der Waals surface area (Å²) >= 11 is 7.84. The summed E-state index contributed by atoms with van der Waals surface area (Å²) in [6.45, 7) is 4.29. The van der Waals surface area contributed by atoms with Gasteiger partial charge in [-0.2, -0.15) is 0 Å². The number of ketones is 1. The fourth-order valence-corrected chi connectivity index (χ4v) is 6.33. The lowest BCUT2D eigenvalue weighted by Crippen LogP contribution is -2.31. The molecule has 0 radical (unpaired) electrons. The number of aryl methyl sites for hydroxylation is 3. The Kier molecular flexibility index (Phi) is 8.56. The van der Waals surface area contributed by atoms with E-state index in [0.29, 0.717) is 52.1 Å². The second-order valence-corrected chi connectivity index (χ2v) is 11.5. The van der Waals surface area contributed by atoms with Gasteiger partial charge in [-0.1, -0.05) is 48.9 Å². The fourth-order valence-electron chi connectivity index (χ4n) is 4.97. The Hall–Kier alpha value is -4.28. The first-order valence-corrected chi connectivity index (χ1v) is 14.8. The maximum atomic E-state index is 14.1. The highest BCUT2D eigenvalue weighted by Gasteiger charge is 2.28. The number of nitrogens with zero attached hydrogens (tertiary/aromatic N) is 5. The maximum absolute atomic E-state index is 14.1. The first-order valence-electron chi connectivity index (χ1n) is 13.6. The van der Waals surface area contributed by atoms with E-state index in [1.54, 1.807) is 42.8 Å². The molecular formula is C31H30ClN5O4S. The smallest absolute Gasteiger partial charge is 0.303 e. The molecule has 9 nitrogen and oxygen atoms in total. The van der Waals surface area contributed by atoms with Crippen LogP contribution in [0.5, 0.6) is 0 Å². The zero-order valence-corrected chi connectivity index (χ0v) is 25.1. The third-order valence-electron chi connectivity index (χ3n) is 7.14. The van der Waals surface area contributed by atoms with Gasteiger partial charge in [0.15, 0.2) is 5.78 Å². The van der Waals surface area contributed by atoms with Crippen LogP contribution in [0.2, 0.25) is 5.02 Å². The molecule has 0 spiro atoms. The standard InChI is InChI=1S/C31H30ClN5O4S/c1-4-21-18-23(28(40)22-12-6-7-13-24(22)32)30(42-21)37-19(2)33-34-31(37)35(3)29(41)26-17-20-11-5-8-14-25(20)36(26)16-10-9-15-27(38)39/h5-8,11-14,17-18H,4,9-10,15-16H2,1-3H3,(H,38,39). The number of aliphatic carboxylic acids is 1. The summed E-state index contributed by atoms with van der Waals surface area (Å²) in [4.78, 5) is 41.2. The molecule has 0 aliphatic rings.